The maximum absolute atomic E-state index is 13.0. The SMILES string of the molecule is CC1Cc2ccccc2N1C(=O)Cc1cn(C)c2ccccc12. The molecule has 1 unspecified atom stereocenters. The first-order chi connectivity index (χ1) is 11.1. The largest absolute Gasteiger partial charge is 0.350 e. The molecule has 0 aliphatic carbocycles. The number of benzene rings is 2. The molecule has 1 aliphatic heterocycles. The topological polar surface area (TPSA) is 25.2 Å². The molecule has 1 amide bonds. The zero-order valence-electron chi connectivity index (χ0n) is 13.5. The van der Waals surface area contributed by atoms with E-state index >= 15 is 0 Å². The van der Waals surface area contributed by atoms with E-state index in [1.54, 1.807) is 0 Å². The highest BCUT2D eigenvalue weighted by molar-refractivity contribution is 5.99. The van der Waals surface area contributed by atoms with Crippen LogP contribution in [0.15, 0.2) is 54.7 Å². The third kappa shape index (κ3) is 2.24. The van der Waals surface area contributed by atoms with Gasteiger partial charge in [-0.2, -0.15) is 0 Å². The number of rotatable bonds is 2. The Kier molecular flexibility index (Phi) is 3.22. The van der Waals surface area contributed by atoms with E-state index in [1.165, 1.54) is 16.5 Å². The van der Waals surface area contributed by atoms with Crippen LogP contribution in [0, 0.1) is 0 Å². The lowest BCUT2D eigenvalue weighted by molar-refractivity contribution is -0.118. The van der Waals surface area contributed by atoms with Crippen molar-refractivity contribution in [1.29, 1.82) is 0 Å². The molecule has 1 aliphatic rings. The predicted molar refractivity (Wildman–Crippen MR) is 93.7 cm³/mol. The summed E-state index contributed by atoms with van der Waals surface area (Å²) in [4.78, 5) is 14.9. The fourth-order valence-electron chi connectivity index (χ4n) is 3.76. The van der Waals surface area contributed by atoms with Crippen LogP contribution in [0.4, 0.5) is 5.69 Å². The molecule has 3 heteroatoms. The lowest BCUT2D eigenvalue weighted by Gasteiger charge is -2.22. The van der Waals surface area contributed by atoms with Crippen LogP contribution >= 0.6 is 0 Å². The summed E-state index contributed by atoms with van der Waals surface area (Å²) >= 11 is 0. The molecule has 23 heavy (non-hydrogen) atoms. The van der Waals surface area contributed by atoms with E-state index in [0.717, 1.165) is 17.7 Å². The van der Waals surface area contributed by atoms with Crippen molar-refractivity contribution in [3.05, 3.63) is 65.9 Å². The van der Waals surface area contributed by atoms with Crippen LogP contribution < -0.4 is 4.90 Å². The van der Waals surface area contributed by atoms with Crippen LogP contribution in [0.3, 0.4) is 0 Å². The minimum absolute atomic E-state index is 0.179. The molecule has 2 heterocycles. The third-order valence-electron chi connectivity index (χ3n) is 4.80. The zero-order valence-corrected chi connectivity index (χ0v) is 13.5. The van der Waals surface area contributed by atoms with Gasteiger partial charge in [-0.1, -0.05) is 36.4 Å². The molecule has 0 bridgehead atoms. The third-order valence-corrected chi connectivity index (χ3v) is 4.80. The number of nitrogens with zero attached hydrogens (tertiary/aromatic N) is 2. The summed E-state index contributed by atoms with van der Waals surface area (Å²) in [6.07, 6.45) is 3.46. The molecule has 3 aromatic rings. The van der Waals surface area contributed by atoms with Crippen LogP contribution in [0.1, 0.15) is 18.1 Å². The van der Waals surface area contributed by atoms with Gasteiger partial charge in [0.15, 0.2) is 0 Å². The number of carbonyl (C=O) groups excluding carboxylic acids is 1. The first-order valence-electron chi connectivity index (χ1n) is 8.08. The quantitative estimate of drug-likeness (QED) is 0.708. The lowest BCUT2D eigenvalue weighted by atomic mass is 10.1. The Hall–Kier alpha value is -2.55. The molecule has 2 aromatic carbocycles. The number of hydrogen-bond acceptors (Lipinski definition) is 1. The van der Waals surface area contributed by atoms with E-state index in [1.807, 2.05) is 36.2 Å². The first-order valence-corrected chi connectivity index (χ1v) is 8.08. The number of hydrogen-bond donors (Lipinski definition) is 0. The molecule has 0 saturated carbocycles. The van der Waals surface area contributed by atoms with E-state index in [0.29, 0.717) is 6.42 Å². The van der Waals surface area contributed by atoms with Crippen LogP contribution in [0.5, 0.6) is 0 Å². The van der Waals surface area contributed by atoms with Crippen LogP contribution in [-0.2, 0) is 24.7 Å². The van der Waals surface area contributed by atoms with Gasteiger partial charge in [-0.05, 0) is 36.6 Å². The molecule has 3 nitrogen and oxygen atoms in total. The standard InChI is InChI=1S/C20H20N2O/c1-14-11-15-7-3-5-9-18(15)22(14)20(23)12-16-13-21(2)19-10-6-4-8-17(16)19/h3-10,13-14H,11-12H2,1-2H3. The monoisotopic (exact) mass is 304 g/mol. The van der Waals surface area contributed by atoms with Crippen molar-refractivity contribution in [2.24, 2.45) is 7.05 Å². The maximum Gasteiger partial charge on any atom is 0.231 e. The number of anilines is 1. The summed E-state index contributed by atoms with van der Waals surface area (Å²) in [7, 11) is 2.03. The van der Waals surface area contributed by atoms with Gasteiger partial charge < -0.3 is 9.47 Å². The number of fused-ring (bicyclic) bond motifs is 2. The second-order valence-electron chi connectivity index (χ2n) is 6.40. The minimum atomic E-state index is 0.179. The molecule has 1 aromatic heterocycles. The summed E-state index contributed by atoms with van der Waals surface area (Å²) in [6.45, 7) is 2.13. The molecule has 0 saturated heterocycles. The van der Waals surface area contributed by atoms with Crippen molar-refractivity contribution in [2.45, 2.75) is 25.8 Å². The molecular formula is C20H20N2O. The Labute approximate surface area is 136 Å². The van der Waals surface area contributed by atoms with Gasteiger partial charge in [-0.15, -0.1) is 0 Å². The van der Waals surface area contributed by atoms with Gasteiger partial charge in [-0.3, -0.25) is 4.79 Å². The van der Waals surface area contributed by atoms with Gasteiger partial charge >= 0.3 is 0 Å². The predicted octanol–water partition coefficient (Wildman–Crippen LogP) is 3.70. The molecule has 0 N–H and O–H groups in total. The Morgan fingerprint density at radius 3 is 2.74 bits per heavy atom. The molecule has 1 atom stereocenters. The van der Waals surface area contributed by atoms with Crippen LogP contribution in [0.25, 0.3) is 10.9 Å². The van der Waals surface area contributed by atoms with Gasteiger partial charge in [0, 0.05) is 35.9 Å². The molecule has 0 radical (unpaired) electrons. The number of aromatic nitrogens is 1. The van der Waals surface area contributed by atoms with Crippen molar-refractivity contribution >= 4 is 22.5 Å². The fraction of sp³-hybridized carbons (Fsp3) is 0.250. The highest BCUT2D eigenvalue weighted by Gasteiger charge is 2.30. The Morgan fingerprint density at radius 1 is 1.13 bits per heavy atom. The minimum Gasteiger partial charge on any atom is -0.350 e. The van der Waals surface area contributed by atoms with Gasteiger partial charge in [0.25, 0.3) is 0 Å². The summed E-state index contributed by atoms with van der Waals surface area (Å²) in [6, 6.07) is 16.7. The van der Waals surface area contributed by atoms with Crippen LogP contribution in [0.2, 0.25) is 0 Å². The second-order valence-corrected chi connectivity index (χ2v) is 6.40. The summed E-state index contributed by atoms with van der Waals surface area (Å²) < 4.78 is 2.10. The van der Waals surface area contributed by atoms with Crippen molar-refractivity contribution in [3.8, 4) is 0 Å². The van der Waals surface area contributed by atoms with Crippen LogP contribution in [-0.4, -0.2) is 16.5 Å². The van der Waals surface area contributed by atoms with E-state index in [2.05, 4.69) is 42.0 Å². The van der Waals surface area contributed by atoms with Crippen molar-refractivity contribution in [1.82, 2.24) is 4.57 Å². The molecule has 0 fully saturated rings. The normalized spacial score (nSPS) is 16.8. The zero-order chi connectivity index (χ0) is 16.0. The van der Waals surface area contributed by atoms with E-state index in [-0.39, 0.29) is 11.9 Å². The fourth-order valence-corrected chi connectivity index (χ4v) is 3.76. The van der Waals surface area contributed by atoms with E-state index in [9.17, 15) is 4.79 Å². The Balaban J connectivity index is 1.68. The van der Waals surface area contributed by atoms with Crippen molar-refractivity contribution in [3.63, 3.8) is 0 Å². The van der Waals surface area contributed by atoms with Crippen molar-refractivity contribution < 1.29 is 4.79 Å². The number of aryl methyl sites for hydroxylation is 1. The Morgan fingerprint density at radius 2 is 1.87 bits per heavy atom. The summed E-state index contributed by atoms with van der Waals surface area (Å²) in [5, 5.41) is 1.17. The van der Waals surface area contributed by atoms with Gasteiger partial charge in [0.1, 0.15) is 0 Å². The maximum atomic E-state index is 13.0. The van der Waals surface area contributed by atoms with Gasteiger partial charge in [0.2, 0.25) is 5.91 Å². The van der Waals surface area contributed by atoms with Gasteiger partial charge in [-0.25, -0.2) is 0 Å². The number of para-hydroxylation sites is 2. The van der Waals surface area contributed by atoms with Gasteiger partial charge in [0.05, 0.1) is 6.42 Å². The number of amides is 1. The van der Waals surface area contributed by atoms with Crippen molar-refractivity contribution in [2.75, 3.05) is 4.90 Å². The Bertz CT molecular complexity index is 894. The summed E-state index contributed by atoms with van der Waals surface area (Å²) in [5.74, 6) is 0.179. The average molecular weight is 304 g/mol. The van der Waals surface area contributed by atoms with E-state index in [4.69, 9.17) is 0 Å². The first kappa shape index (κ1) is 14.1. The molecular weight excluding hydrogens is 284 g/mol. The molecule has 4 rings (SSSR count). The average Bonchev–Trinajstić information content (AvgIpc) is 3.04. The molecule has 116 valence electrons. The lowest BCUT2D eigenvalue weighted by Crippen LogP contribution is -2.36. The smallest absolute Gasteiger partial charge is 0.231 e. The van der Waals surface area contributed by atoms with E-state index < -0.39 is 0 Å². The highest BCUT2D eigenvalue weighted by atomic mass is 16.2. The highest BCUT2D eigenvalue weighted by Crippen LogP contribution is 2.32. The molecule has 0 spiro atoms. The summed E-state index contributed by atoms with van der Waals surface area (Å²) in [5.41, 5.74) is 4.62. The second kappa shape index (κ2) is 5.27. The number of carbonyl (C=O) groups is 1.